The van der Waals surface area contributed by atoms with E-state index < -0.39 is 73.6 Å². The number of guanidine groups is 2. The summed E-state index contributed by atoms with van der Waals surface area (Å²) in [5.74, 6) is -2.37. The highest BCUT2D eigenvalue weighted by molar-refractivity contribution is 6.09. The Morgan fingerprint density at radius 2 is 1.20 bits per heavy atom. The van der Waals surface area contributed by atoms with Gasteiger partial charge in [-0.25, -0.2) is 31.9 Å². The lowest BCUT2D eigenvalue weighted by Gasteiger charge is -2.27. The number of carbonyl (C=O) groups is 2. The second-order valence-electron chi connectivity index (χ2n) is 14.8. The molecule has 2 aliphatic heterocycles. The molecule has 12 nitrogen and oxygen atoms in total. The molecule has 0 radical (unpaired) electrons. The third kappa shape index (κ3) is 9.62. The van der Waals surface area contributed by atoms with Crippen molar-refractivity contribution in [2.24, 2.45) is 21.5 Å². The number of nitrogens with zero attached hydrogens (tertiary/aromatic N) is 4. The molecule has 21 heteroatoms. The first-order valence-corrected chi connectivity index (χ1v) is 19.4. The quantitative estimate of drug-likeness (QED) is 0.109. The lowest BCUT2D eigenvalue weighted by Crippen LogP contribution is -2.41. The molecule has 1 aliphatic carbocycles. The van der Waals surface area contributed by atoms with Gasteiger partial charge in [0.1, 0.15) is 23.9 Å². The SMILES string of the molecule is CN1C(=O)[C@](c2ccc(F)c(OCC(F)F)c2)(c2ccc(OC(F)F)c(C3CC3)c2)N=C1N.Cc1cc(C2(c3cccc(OCCC(F)F)c3)N=C(N)N(C)C2=O)ccc1OC(F)F. The van der Waals surface area contributed by atoms with Gasteiger partial charge in [-0.1, -0.05) is 30.3 Å². The largest absolute Gasteiger partial charge is 0.493 e. The summed E-state index contributed by atoms with van der Waals surface area (Å²) in [5.41, 5.74) is 10.5. The van der Waals surface area contributed by atoms with Crippen LogP contribution < -0.4 is 30.4 Å². The minimum atomic E-state index is -3.03. The molecule has 0 spiro atoms. The zero-order chi connectivity index (χ0) is 46.7. The smallest absolute Gasteiger partial charge is 0.387 e. The van der Waals surface area contributed by atoms with Crippen molar-refractivity contribution in [2.75, 3.05) is 27.3 Å². The van der Waals surface area contributed by atoms with E-state index in [0.717, 1.165) is 29.9 Å². The molecule has 0 saturated heterocycles. The van der Waals surface area contributed by atoms with Gasteiger partial charge in [0.05, 0.1) is 6.61 Å². The van der Waals surface area contributed by atoms with Crippen LogP contribution in [0.25, 0.3) is 0 Å². The van der Waals surface area contributed by atoms with Crippen LogP contribution in [0.2, 0.25) is 0 Å². The Bertz CT molecular complexity index is 2440. The number of halogens is 9. The number of alkyl halides is 8. The summed E-state index contributed by atoms with van der Waals surface area (Å²) in [5, 5.41) is 0. The van der Waals surface area contributed by atoms with Crippen LogP contribution in [0.1, 0.15) is 58.6 Å². The molecule has 0 bridgehead atoms. The van der Waals surface area contributed by atoms with Gasteiger partial charge in [-0.2, -0.15) is 17.6 Å². The molecule has 3 aliphatic rings. The molecule has 2 amide bonds. The number of hydrogen-bond acceptors (Lipinski definition) is 10. The van der Waals surface area contributed by atoms with E-state index in [0.29, 0.717) is 22.3 Å². The van der Waals surface area contributed by atoms with E-state index >= 15 is 0 Å². The number of rotatable bonds is 16. The van der Waals surface area contributed by atoms with E-state index in [9.17, 15) is 49.1 Å². The molecule has 7 rings (SSSR count). The standard InChI is InChI=1S/C22H20F5N3O3.C21H21F4N3O3/c1-30-19(31)22(29-21(30)28,13-4-6-15(23)17(9-13)32-10-18(24)25)12-5-7-16(33-20(26)27)14(8-12)11-2-3-11;1-12-10-14(6-7-16(12)31-19(24)25)21(18(29)28(2)20(26)27-21)13-4-3-5-15(11-13)30-9-8-17(22)23/h4-9,11,18,20H,2-3,10H2,1H3,(H2,28,29);3-7,10-11,17,19H,8-9H2,1-2H3,(H2,26,27)/t22-;/m1./s1. The van der Waals surface area contributed by atoms with E-state index in [1.165, 1.54) is 61.5 Å². The summed E-state index contributed by atoms with van der Waals surface area (Å²) >= 11 is 0. The number of aliphatic imine (C=N–C) groups is 2. The predicted octanol–water partition coefficient (Wildman–Crippen LogP) is 7.64. The first kappa shape index (κ1) is 46.8. The zero-order valence-corrected chi connectivity index (χ0v) is 34.2. The molecular weight excluding hydrogens is 867 g/mol. The van der Waals surface area contributed by atoms with Gasteiger partial charge in [0.2, 0.25) is 6.43 Å². The third-order valence-corrected chi connectivity index (χ3v) is 10.5. The molecule has 0 aromatic heterocycles. The van der Waals surface area contributed by atoms with E-state index in [1.54, 1.807) is 31.2 Å². The molecular formula is C43H41F9N6O6. The van der Waals surface area contributed by atoms with Crippen molar-refractivity contribution in [3.63, 3.8) is 0 Å². The normalized spacial score (nSPS) is 19.6. The Labute approximate surface area is 360 Å². The fraction of sp³-hybridized carbons (Fsp3) is 0.349. The molecule has 342 valence electrons. The van der Waals surface area contributed by atoms with Crippen molar-refractivity contribution in [3.05, 3.63) is 118 Å². The Balaban J connectivity index is 0.000000213. The molecule has 4 N–H and O–H groups in total. The van der Waals surface area contributed by atoms with Crippen LogP contribution in [0.3, 0.4) is 0 Å². The van der Waals surface area contributed by atoms with Gasteiger partial charge >= 0.3 is 13.2 Å². The van der Waals surface area contributed by atoms with Crippen molar-refractivity contribution >= 4 is 23.7 Å². The van der Waals surface area contributed by atoms with Crippen molar-refractivity contribution < 1.29 is 68.1 Å². The monoisotopic (exact) mass is 908 g/mol. The van der Waals surface area contributed by atoms with Crippen LogP contribution in [0.15, 0.2) is 88.8 Å². The molecule has 2 atom stereocenters. The van der Waals surface area contributed by atoms with Gasteiger partial charge < -0.3 is 30.4 Å². The highest BCUT2D eigenvalue weighted by Gasteiger charge is 2.51. The van der Waals surface area contributed by atoms with Crippen LogP contribution in [0.4, 0.5) is 39.5 Å². The maximum atomic E-state index is 14.2. The first-order valence-electron chi connectivity index (χ1n) is 19.4. The summed E-state index contributed by atoms with van der Waals surface area (Å²) in [6.07, 6.45) is -4.25. The average molecular weight is 909 g/mol. The van der Waals surface area contributed by atoms with E-state index in [1.807, 2.05) is 0 Å². The second-order valence-corrected chi connectivity index (χ2v) is 14.8. The molecule has 64 heavy (non-hydrogen) atoms. The minimum Gasteiger partial charge on any atom is -0.493 e. The Morgan fingerprint density at radius 1 is 0.672 bits per heavy atom. The molecule has 1 unspecified atom stereocenters. The van der Waals surface area contributed by atoms with Crippen molar-refractivity contribution in [2.45, 2.75) is 69.3 Å². The Morgan fingerprint density at radius 3 is 1.72 bits per heavy atom. The zero-order valence-electron chi connectivity index (χ0n) is 34.2. The maximum Gasteiger partial charge on any atom is 0.387 e. The second kappa shape index (κ2) is 19.0. The van der Waals surface area contributed by atoms with Gasteiger partial charge in [-0.3, -0.25) is 19.4 Å². The average Bonchev–Trinajstić information content (AvgIpc) is 4.03. The lowest BCUT2D eigenvalue weighted by molar-refractivity contribution is -0.130. The topological polar surface area (TPSA) is 154 Å². The van der Waals surface area contributed by atoms with Gasteiger partial charge in [-0.15, -0.1) is 0 Å². The van der Waals surface area contributed by atoms with Crippen LogP contribution in [0.5, 0.6) is 23.0 Å². The summed E-state index contributed by atoms with van der Waals surface area (Å²) < 4.78 is 135. The molecule has 2 heterocycles. The highest BCUT2D eigenvalue weighted by Crippen LogP contribution is 2.49. The number of benzene rings is 4. The van der Waals surface area contributed by atoms with Gasteiger partial charge in [-0.05, 0) is 108 Å². The Hall–Kier alpha value is -6.67. The predicted molar refractivity (Wildman–Crippen MR) is 214 cm³/mol. The highest BCUT2D eigenvalue weighted by atomic mass is 19.3. The van der Waals surface area contributed by atoms with Crippen LogP contribution >= 0.6 is 0 Å². The number of aryl methyl sites for hydroxylation is 1. The fourth-order valence-electron chi connectivity index (χ4n) is 7.23. The van der Waals surface area contributed by atoms with Gasteiger partial charge in [0, 0.05) is 20.5 Å². The van der Waals surface area contributed by atoms with E-state index in [4.69, 9.17) is 20.9 Å². The third-order valence-electron chi connectivity index (χ3n) is 10.5. The van der Waals surface area contributed by atoms with E-state index in [2.05, 4.69) is 19.5 Å². The van der Waals surface area contributed by atoms with Crippen molar-refractivity contribution in [1.82, 2.24) is 9.80 Å². The number of carbonyl (C=O) groups excluding carboxylic acids is 2. The summed E-state index contributed by atoms with van der Waals surface area (Å²) in [4.78, 5) is 37.7. The molecule has 1 saturated carbocycles. The lowest BCUT2D eigenvalue weighted by atomic mass is 9.81. The van der Waals surface area contributed by atoms with Crippen LogP contribution in [-0.4, -0.2) is 86.9 Å². The van der Waals surface area contributed by atoms with Gasteiger partial charge in [0.25, 0.3) is 18.2 Å². The van der Waals surface area contributed by atoms with Crippen LogP contribution in [0, 0.1) is 12.7 Å². The number of hydrogen-bond donors (Lipinski definition) is 2. The molecule has 4 aromatic carbocycles. The van der Waals surface area contributed by atoms with Gasteiger partial charge in [0.15, 0.2) is 34.6 Å². The van der Waals surface area contributed by atoms with E-state index in [-0.39, 0.29) is 52.8 Å². The Kier molecular flexibility index (Phi) is 13.9. The maximum absolute atomic E-state index is 14.2. The summed E-state index contributed by atoms with van der Waals surface area (Å²) in [7, 11) is 2.86. The molecule has 4 aromatic rings. The first-order chi connectivity index (χ1) is 30.3. The minimum absolute atomic E-state index is 0.0118. The number of nitrogens with two attached hydrogens (primary N) is 2. The number of amides is 2. The summed E-state index contributed by atoms with van der Waals surface area (Å²) in [6.45, 7) is -5.70. The van der Waals surface area contributed by atoms with Crippen LogP contribution in [-0.2, 0) is 20.7 Å². The number of ether oxygens (including phenoxy) is 4. The van der Waals surface area contributed by atoms with Crippen molar-refractivity contribution in [3.8, 4) is 23.0 Å². The number of likely N-dealkylation sites (N-methyl/N-ethyl adjacent to an activating group) is 2. The molecule has 1 fully saturated rings. The van der Waals surface area contributed by atoms with Crippen molar-refractivity contribution in [1.29, 1.82) is 0 Å². The fourth-order valence-corrected chi connectivity index (χ4v) is 7.23. The summed E-state index contributed by atoms with van der Waals surface area (Å²) in [6, 6.07) is 18.3.